The molecule has 0 fully saturated rings. The normalized spacial score (nSPS) is 11.6. The zero-order valence-electron chi connectivity index (χ0n) is 23.5. The highest BCUT2D eigenvalue weighted by molar-refractivity contribution is 6.22. The van der Waals surface area contributed by atoms with Crippen LogP contribution in [0.25, 0.3) is 76.5 Å². The minimum Gasteiger partial charge on any atom is -0.309 e. The average molecular weight is 559 g/mol. The molecule has 4 heteroatoms. The largest absolute Gasteiger partial charge is 0.309 e. The Morgan fingerprint density at radius 2 is 0.932 bits per heavy atom. The number of aromatic nitrogens is 2. The van der Waals surface area contributed by atoms with E-state index in [0.717, 1.165) is 54.7 Å². The first-order valence-corrected chi connectivity index (χ1v) is 14.6. The summed E-state index contributed by atoms with van der Waals surface area (Å²) in [6, 6.07) is 50.8. The van der Waals surface area contributed by atoms with Crippen LogP contribution in [0.1, 0.15) is 11.1 Å². The Kier molecular flexibility index (Phi) is 5.00. The molecule has 9 aromatic rings. The van der Waals surface area contributed by atoms with Gasteiger partial charge in [0.05, 0.1) is 38.9 Å². The number of benzene rings is 7. The van der Waals surface area contributed by atoms with Crippen molar-refractivity contribution in [3.63, 3.8) is 0 Å². The molecule has 0 spiro atoms. The molecule has 44 heavy (non-hydrogen) atoms. The van der Waals surface area contributed by atoms with Crippen molar-refractivity contribution < 1.29 is 0 Å². The first kappa shape index (κ1) is 24.3. The Morgan fingerprint density at radius 1 is 0.432 bits per heavy atom. The highest BCUT2D eigenvalue weighted by atomic mass is 15.0. The van der Waals surface area contributed by atoms with Gasteiger partial charge in [-0.25, -0.2) is 0 Å². The molecule has 9 rings (SSSR count). The van der Waals surface area contributed by atoms with Crippen LogP contribution >= 0.6 is 0 Å². The van der Waals surface area contributed by atoms with E-state index in [1.54, 1.807) is 0 Å². The fourth-order valence-electron chi connectivity index (χ4n) is 7.14. The van der Waals surface area contributed by atoms with Gasteiger partial charge < -0.3 is 9.13 Å². The molecule has 0 atom stereocenters. The smallest absolute Gasteiger partial charge is 0.103 e. The third-order valence-electron chi connectivity index (χ3n) is 8.96. The summed E-state index contributed by atoms with van der Waals surface area (Å²) in [5.41, 5.74) is 6.32. The molecule has 0 bridgehead atoms. The molecule has 202 valence electrons. The molecule has 0 radical (unpaired) electrons. The predicted molar refractivity (Wildman–Crippen MR) is 180 cm³/mol. The highest BCUT2D eigenvalue weighted by Gasteiger charge is 2.22. The second-order valence-electron chi connectivity index (χ2n) is 11.2. The molecule has 0 aliphatic rings. The van der Waals surface area contributed by atoms with Gasteiger partial charge in [0, 0.05) is 27.2 Å². The van der Waals surface area contributed by atoms with Gasteiger partial charge in [-0.2, -0.15) is 10.5 Å². The zero-order chi connectivity index (χ0) is 29.4. The van der Waals surface area contributed by atoms with Gasteiger partial charge in [-0.15, -0.1) is 0 Å². The molecule has 2 heterocycles. The molecule has 2 aromatic heterocycles. The second-order valence-corrected chi connectivity index (χ2v) is 11.2. The first-order chi connectivity index (χ1) is 21.8. The van der Waals surface area contributed by atoms with E-state index in [1.165, 1.54) is 16.2 Å². The van der Waals surface area contributed by atoms with Crippen LogP contribution < -0.4 is 0 Å². The Labute approximate surface area is 252 Å². The summed E-state index contributed by atoms with van der Waals surface area (Å²) in [5, 5.41) is 30.2. The summed E-state index contributed by atoms with van der Waals surface area (Å²) in [6.45, 7) is 0. The molecular weight excluding hydrogens is 536 g/mol. The van der Waals surface area contributed by atoms with Crippen molar-refractivity contribution in [2.75, 3.05) is 0 Å². The SMILES string of the molecule is N#Cc1cc(-n2c3ccccc3c3c4ccccc4ccc32)cc(-n2c3ccccc3c3c4ccccc4ccc32)c1C#N. The third kappa shape index (κ3) is 3.20. The molecule has 4 nitrogen and oxygen atoms in total. The number of para-hydroxylation sites is 2. The lowest BCUT2D eigenvalue weighted by Crippen LogP contribution is -2.04. The number of nitrogens with zero attached hydrogens (tertiary/aromatic N) is 4. The van der Waals surface area contributed by atoms with Crippen LogP contribution in [-0.4, -0.2) is 9.13 Å². The van der Waals surface area contributed by atoms with Crippen molar-refractivity contribution in [1.82, 2.24) is 9.13 Å². The number of rotatable bonds is 2. The van der Waals surface area contributed by atoms with Crippen LogP contribution in [0.3, 0.4) is 0 Å². The van der Waals surface area contributed by atoms with Gasteiger partial charge in [0.25, 0.3) is 0 Å². The lowest BCUT2D eigenvalue weighted by Gasteiger charge is -2.16. The summed E-state index contributed by atoms with van der Waals surface area (Å²) in [5.74, 6) is 0. The summed E-state index contributed by atoms with van der Waals surface area (Å²) in [4.78, 5) is 0. The second kappa shape index (κ2) is 9.07. The number of nitriles is 2. The minimum atomic E-state index is 0.346. The maximum Gasteiger partial charge on any atom is 0.103 e. The standard InChI is InChI=1S/C40H22N4/c41-23-27-21-28(43-34-15-7-5-13-31(34)39-29-11-3-1-9-25(29)17-19-36(39)43)22-38(33(27)24-42)44-35-16-8-6-14-32(35)40-30-12-4-2-10-26(30)18-20-37(40)44/h1-22H. The minimum absolute atomic E-state index is 0.346. The summed E-state index contributed by atoms with van der Waals surface area (Å²) in [7, 11) is 0. The Balaban J connectivity index is 1.45. The van der Waals surface area contributed by atoms with Crippen LogP contribution in [0.5, 0.6) is 0 Å². The quantitative estimate of drug-likeness (QED) is 0.212. The van der Waals surface area contributed by atoms with E-state index >= 15 is 0 Å². The van der Waals surface area contributed by atoms with E-state index < -0.39 is 0 Å². The molecule has 0 N–H and O–H groups in total. The van der Waals surface area contributed by atoms with Crippen molar-refractivity contribution >= 4 is 65.2 Å². The molecular formula is C40H22N4. The molecule has 0 aliphatic heterocycles. The fourth-order valence-corrected chi connectivity index (χ4v) is 7.14. The van der Waals surface area contributed by atoms with Crippen molar-refractivity contribution in [3.8, 4) is 23.5 Å². The molecule has 0 unspecified atom stereocenters. The van der Waals surface area contributed by atoms with Crippen molar-refractivity contribution in [1.29, 1.82) is 10.5 Å². The number of fused-ring (bicyclic) bond motifs is 10. The van der Waals surface area contributed by atoms with E-state index in [-0.39, 0.29) is 0 Å². The van der Waals surface area contributed by atoms with E-state index in [1.807, 2.05) is 18.2 Å². The van der Waals surface area contributed by atoms with Gasteiger partial charge in [0.15, 0.2) is 0 Å². The van der Waals surface area contributed by atoms with Gasteiger partial charge >= 0.3 is 0 Å². The van der Waals surface area contributed by atoms with Gasteiger partial charge in [-0.05, 0) is 57.9 Å². The van der Waals surface area contributed by atoms with E-state index in [9.17, 15) is 10.5 Å². The summed E-state index contributed by atoms with van der Waals surface area (Å²) in [6.07, 6.45) is 0. The molecule has 0 saturated carbocycles. The molecule has 0 amide bonds. The van der Waals surface area contributed by atoms with Crippen LogP contribution in [0.2, 0.25) is 0 Å². The zero-order valence-corrected chi connectivity index (χ0v) is 23.5. The molecule has 7 aromatic carbocycles. The first-order valence-electron chi connectivity index (χ1n) is 14.6. The maximum atomic E-state index is 10.5. The fraction of sp³-hybridized carbons (Fsp3) is 0. The molecule has 0 aliphatic carbocycles. The summed E-state index contributed by atoms with van der Waals surface area (Å²) >= 11 is 0. The number of hydrogen-bond donors (Lipinski definition) is 0. The summed E-state index contributed by atoms with van der Waals surface area (Å²) < 4.78 is 4.38. The van der Waals surface area contributed by atoms with Gasteiger partial charge in [-0.1, -0.05) is 97.1 Å². The van der Waals surface area contributed by atoms with E-state index in [0.29, 0.717) is 16.8 Å². The van der Waals surface area contributed by atoms with E-state index in [4.69, 9.17) is 0 Å². The Hall–Kier alpha value is -6.36. The Bertz CT molecular complexity index is 2740. The monoisotopic (exact) mass is 558 g/mol. The molecule has 0 saturated heterocycles. The van der Waals surface area contributed by atoms with E-state index in [2.05, 4.69) is 137 Å². The van der Waals surface area contributed by atoms with Crippen molar-refractivity contribution in [2.45, 2.75) is 0 Å². The van der Waals surface area contributed by atoms with Crippen LogP contribution in [-0.2, 0) is 0 Å². The average Bonchev–Trinajstić information content (AvgIpc) is 3.61. The van der Waals surface area contributed by atoms with Gasteiger partial charge in [0.2, 0.25) is 0 Å². The van der Waals surface area contributed by atoms with Crippen LogP contribution in [0.15, 0.2) is 133 Å². The lowest BCUT2D eigenvalue weighted by molar-refractivity contribution is 1.12. The Morgan fingerprint density at radius 3 is 1.50 bits per heavy atom. The lowest BCUT2D eigenvalue weighted by atomic mass is 10.0. The third-order valence-corrected chi connectivity index (χ3v) is 8.96. The highest BCUT2D eigenvalue weighted by Crippen LogP contribution is 2.41. The number of hydrogen-bond acceptors (Lipinski definition) is 2. The maximum absolute atomic E-state index is 10.5. The van der Waals surface area contributed by atoms with Gasteiger partial charge in [-0.3, -0.25) is 0 Å². The topological polar surface area (TPSA) is 57.4 Å². The predicted octanol–water partition coefficient (Wildman–Crippen LogP) is 9.93. The van der Waals surface area contributed by atoms with Crippen LogP contribution in [0.4, 0.5) is 0 Å². The van der Waals surface area contributed by atoms with Crippen LogP contribution in [0, 0.1) is 22.7 Å². The van der Waals surface area contributed by atoms with Gasteiger partial charge in [0.1, 0.15) is 12.1 Å². The van der Waals surface area contributed by atoms with Crippen molar-refractivity contribution in [2.24, 2.45) is 0 Å². The van der Waals surface area contributed by atoms with Crippen molar-refractivity contribution in [3.05, 3.63) is 145 Å².